The van der Waals surface area contributed by atoms with Crippen molar-refractivity contribution < 1.29 is 14.7 Å². The molecule has 2 rings (SSSR count). The molecule has 1 saturated heterocycles. The number of carbonyl (C=O) groups is 2. The van der Waals surface area contributed by atoms with E-state index in [9.17, 15) is 9.59 Å². The highest BCUT2D eigenvalue weighted by Gasteiger charge is 2.25. The van der Waals surface area contributed by atoms with Gasteiger partial charge < -0.3 is 10.4 Å². The van der Waals surface area contributed by atoms with Crippen molar-refractivity contribution in [2.45, 2.75) is 39.0 Å². The summed E-state index contributed by atoms with van der Waals surface area (Å²) in [6.07, 6.45) is 2.26. The number of carboxylic acids is 1. The maximum Gasteiger partial charge on any atom is 0.306 e. The molecule has 1 fully saturated rings. The van der Waals surface area contributed by atoms with Crippen LogP contribution >= 0.6 is 0 Å². The number of carbonyl (C=O) groups excluding carboxylic acids is 1. The Labute approximate surface area is 137 Å². The minimum absolute atomic E-state index is 0.0328. The van der Waals surface area contributed by atoms with Gasteiger partial charge in [-0.05, 0) is 49.9 Å². The zero-order valence-corrected chi connectivity index (χ0v) is 13.9. The topological polar surface area (TPSA) is 69.6 Å². The van der Waals surface area contributed by atoms with Gasteiger partial charge >= 0.3 is 5.97 Å². The van der Waals surface area contributed by atoms with E-state index in [1.54, 1.807) is 0 Å². The molecule has 1 aliphatic rings. The number of aliphatic carboxylic acids is 1. The van der Waals surface area contributed by atoms with Gasteiger partial charge in [0.2, 0.25) is 5.91 Å². The Bertz CT molecular complexity index is 551. The van der Waals surface area contributed by atoms with Crippen LogP contribution in [0.25, 0.3) is 0 Å². The lowest BCUT2D eigenvalue weighted by Gasteiger charge is -2.29. The molecule has 5 heteroatoms. The van der Waals surface area contributed by atoms with Crippen LogP contribution in [0.5, 0.6) is 0 Å². The first-order valence-electron chi connectivity index (χ1n) is 8.35. The van der Waals surface area contributed by atoms with Crippen LogP contribution in [-0.4, -0.2) is 41.5 Å². The third-order valence-electron chi connectivity index (χ3n) is 4.68. The fourth-order valence-corrected chi connectivity index (χ4v) is 2.99. The van der Waals surface area contributed by atoms with Gasteiger partial charge in [-0.25, -0.2) is 0 Å². The molecular formula is C18H26N2O3. The molecule has 0 aromatic heterocycles. The number of para-hydroxylation sites is 1. The van der Waals surface area contributed by atoms with Gasteiger partial charge in [-0.1, -0.05) is 32.0 Å². The lowest BCUT2D eigenvalue weighted by Crippen LogP contribution is -2.40. The number of nitrogens with zero attached hydrogens (tertiary/aromatic N) is 1. The fraction of sp³-hybridized carbons (Fsp3) is 0.556. The number of amides is 1. The zero-order valence-electron chi connectivity index (χ0n) is 13.9. The SMILES string of the molecule is CCC(C)c1ccccc1NC(=O)CN1CCC(C(=O)O)CC1. The van der Waals surface area contributed by atoms with Crippen LogP contribution in [0.1, 0.15) is 44.6 Å². The summed E-state index contributed by atoms with van der Waals surface area (Å²) in [5.74, 6) is -0.621. The summed E-state index contributed by atoms with van der Waals surface area (Å²) in [6, 6.07) is 7.92. The summed E-state index contributed by atoms with van der Waals surface area (Å²) < 4.78 is 0. The lowest BCUT2D eigenvalue weighted by atomic mass is 9.96. The largest absolute Gasteiger partial charge is 0.481 e. The number of anilines is 1. The van der Waals surface area contributed by atoms with Crippen LogP contribution in [0.15, 0.2) is 24.3 Å². The van der Waals surface area contributed by atoms with E-state index in [-0.39, 0.29) is 11.8 Å². The van der Waals surface area contributed by atoms with Crippen molar-refractivity contribution in [2.24, 2.45) is 5.92 Å². The first-order valence-corrected chi connectivity index (χ1v) is 8.35. The second-order valence-electron chi connectivity index (χ2n) is 6.33. The zero-order chi connectivity index (χ0) is 16.8. The number of piperidine rings is 1. The minimum atomic E-state index is -0.725. The van der Waals surface area contributed by atoms with E-state index in [1.165, 1.54) is 0 Å². The van der Waals surface area contributed by atoms with Crippen molar-refractivity contribution in [3.63, 3.8) is 0 Å². The monoisotopic (exact) mass is 318 g/mol. The van der Waals surface area contributed by atoms with Crippen LogP contribution in [0, 0.1) is 5.92 Å². The van der Waals surface area contributed by atoms with Crippen molar-refractivity contribution >= 4 is 17.6 Å². The average molecular weight is 318 g/mol. The number of rotatable bonds is 6. The predicted molar refractivity (Wildman–Crippen MR) is 90.6 cm³/mol. The quantitative estimate of drug-likeness (QED) is 0.846. The molecule has 1 unspecified atom stereocenters. The summed E-state index contributed by atoms with van der Waals surface area (Å²) in [5, 5.41) is 12.0. The molecule has 1 heterocycles. The average Bonchev–Trinajstić information content (AvgIpc) is 2.55. The van der Waals surface area contributed by atoms with E-state index in [0.717, 1.165) is 17.7 Å². The molecule has 0 aliphatic carbocycles. The highest BCUT2D eigenvalue weighted by Crippen LogP contribution is 2.26. The molecule has 23 heavy (non-hydrogen) atoms. The van der Waals surface area contributed by atoms with E-state index in [4.69, 9.17) is 5.11 Å². The third-order valence-corrected chi connectivity index (χ3v) is 4.68. The Hall–Kier alpha value is -1.88. The van der Waals surface area contributed by atoms with Gasteiger partial charge in [-0.3, -0.25) is 14.5 Å². The van der Waals surface area contributed by atoms with Gasteiger partial charge in [-0.15, -0.1) is 0 Å². The number of benzene rings is 1. The molecule has 1 atom stereocenters. The maximum atomic E-state index is 12.3. The van der Waals surface area contributed by atoms with Crippen LogP contribution in [-0.2, 0) is 9.59 Å². The van der Waals surface area contributed by atoms with Crippen molar-refractivity contribution in [3.8, 4) is 0 Å². The number of likely N-dealkylation sites (tertiary alicyclic amines) is 1. The highest BCUT2D eigenvalue weighted by atomic mass is 16.4. The Balaban J connectivity index is 1.90. The number of nitrogens with one attached hydrogen (secondary N) is 1. The normalized spacial score (nSPS) is 17.7. The van der Waals surface area contributed by atoms with Gasteiger partial charge in [0, 0.05) is 5.69 Å². The van der Waals surface area contributed by atoms with Crippen LogP contribution in [0.4, 0.5) is 5.69 Å². The highest BCUT2D eigenvalue weighted by molar-refractivity contribution is 5.93. The fourth-order valence-electron chi connectivity index (χ4n) is 2.99. The predicted octanol–water partition coefficient (Wildman–Crippen LogP) is 2.94. The number of carboxylic acid groups (broad SMARTS) is 1. The molecule has 0 spiro atoms. The molecule has 0 radical (unpaired) electrons. The summed E-state index contributed by atoms with van der Waals surface area (Å²) >= 11 is 0. The molecule has 5 nitrogen and oxygen atoms in total. The van der Waals surface area contributed by atoms with Gasteiger partial charge in [0.05, 0.1) is 12.5 Å². The molecular weight excluding hydrogens is 292 g/mol. The summed E-state index contributed by atoms with van der Waals surface area (Å²) in [6.45, 7) is 5.94. The standard InChI is InChI=1S/C18H26N2O3/c1-3-13(2)15-6-4-5-7-16(15)19-17(21)12-20-10-8-14(9-11-20)18(22)23/h4-7,13-14H,3,8-12H2,1-2H3,(H,19,21)(H,22,23). The molecule has 0 saturated carbocycles. The van der Waals surface area contributed by atoms with E-state index >= 15 is 0 Å². The van der Waals surface area contributed by atoms with Crippen LogP contribution in [0.3, 0.4) is 0 Å². The van der Waals surface area contributed by atoms with Gasteiger partial charge in [-0.2, -0.15) is 0 Å². The Kier molecular flexibility index (Phi) is 6.16. The Morgan fingerprint density at radius 3 is 2.57 bits per heavy atom. The maximum absolute atomic E-state index is 12.3. The van der Waals surface area contributed by atoms with Crippen molar-refractivity contribution in [1.29, 1.82) is 0 Å². The first kappa shape index (κ1) is 17.5. The van der Waals surface area contributed by atoms with Gasteiger partial charge in [0.15, 0.2) is 0 Å². The molecule has 0 bridgehead atoms. The number of hydrogen-bond acceptors (Lipinski definition) is 3. The first-order chi connectivity index (χ1) is 11.0. The van der Waals surface area contributed by atoms with Gasteiger partial charge in [0.1, 0.15) is 0 Å². The van der Waals surface area contributed by atoms with Gasteiger partial charge in [0.25, 0.3) is 0 Å². The molecule has 2 N–H and O–H groups in total. The van der Waals surface area contributed by atoms with Crippen molar-refractivity contribution in [2.75, 3.05) is 25.0 Å². The Morgan fingerprint density at radius 2 is 1.96 bits per heavy atom. The molecule has 1 amide bonds. The Morgan fingerprint density at radius 1 is 1.30 bits per heavy atom. The molecule has 1 aromatic rings. The van der Waals surface area contributed by atoms with Crippen LogP contribution < -0.4 is 5.32 Å². The molecule has 1 aliphatic heterocycles. The lowest BCUT2D eigenvalue weighted by molar-refractivity contribution is -0.143. The van der Waals surface area contributed by atoms with E-state index in [0.29, 0.717) is 38.4 Å². The second kappa shape index (κ2) is 8.11. The van der Waals surface area contributed by atoms with Crippen molar-refractivity contribution in [1.82, 2.24) is 4.90 Å². The van der Waals surface area contributed by atoms with E-state index < -0.39 is 5.97 Å². The number of hydrogen-bond donors (Lipinski definition) is 2. The third kappa shape index (κ3) is 4.79. The summed E-state index contributed by atoms with van der Waals surface area (Å²) in [7, 11) is 0. The minimum Gasteiger partial charge on any atom is -0.481 e. The molecule has 1 aromatic carbocycles. The smallest absolute Gasteiger partial charge is 0.306 e. The second-order valence-corrected chi connectivity index (χ2v) is 6.33. The summed E-state index contributed by atoms with van der Waals surface area (Å²) in [5.41, 5.74) is 2.04. The van der Waals surface area contributed by atoms with Crippen LogP contribution in [0.2, 0.25) is 0 Å². The summed E-state index contributed by atoms with van der Waals surface area (Å²) in [4.78, 5) is 25.3. The van der Waals surface area contributed by atoms with E-state index in [2.05, 4.69) is 25.2 Å². The van der Waals surface area contributed by atoms with E-state index in [1.807, 2.05) is 23.1 Å². The molecule has 126 valence electrons. The van der Waals surface area contributed by atoms with Crippen molar-refractivity contribution in [3.05, 3.63) is 29.8 Å².